The van der Waals surface area contributed by atoms with Crippen molar-refractivity contribution in [2.24, 2.45) is 7.05 Å². The van der Waals surface area contributed by atoms with Gasteiger partial charge in [-0.25, -0.2) is 4.57 Å². The van der Waals surface area contributed by atoms with Gasteiger partial charge in [0.1, 0.15) is 16.8 Å². The van der Waals surface area contributed by atoms with Crippen molar-refractivity contribution in [3.05, 3.63) is 218 Å². The van der Waals surface area contributed by atoms with Gasteiger partial charge in [0.05, 0.1) is 7.05 Å². The largest absolute Gasteiger partial charge is 0.455 e. The minimum Gasteiger partial charge on any atom is -0.455 e. The van der Waals surface area contributed by atoms with Crippen LogP contribution in [-0.4, -0.2) is 4.57 Å². The number of fused-ring (bicyclic) bond motifs is 4. The first-order valence-corrected chi connectivity index (χ1v) is 20.6. The van der Waals surface area contributed by atoms with Gasteiger partial charge in [-0.1, -0.05) is 176 Å². The number of hydrogen-bond donors (Lipinski definition) is 0. The van der Waals surface area contributed by atoms with E-state index >= 15 is 0 Å². The van der Waals surface area contributed by atoms with Crippen LogP contribution >= 0.6 is 0 Å². The van der Waals surface area contributed by atoms with Gasteiger partial charge in [0, 0.05) is 21.9 Å². The molecule has 2 heterocycles. The molecule has 0 saturated heterocycles. The van der Waals surface area contributed by atoms with Gasteiger partial charge in [-0.15, -0.1) is 0 Å². The zero-order valence-corrected chi connectivity index (χ0v) is 33.5. The lowest BCUT2D eigenvalue weighted by molar-refractivity contribution is -0.633. The van der Waals surface area contributed by atoms with Crippen LogP contribution in [0.15, 0.2) is 217 Å². The third kappa shape index (κ3) is 5.94. The molecule has 60 heavy (non-hydrogen) atoms. The van der Waals surface area contributed by atoms with Gasteiger partial charge in [-0.2, -0.15) is 4.57 Å². The van der Waals surface area contributed by atoms with E-state index in [0.29, 0.717) is 0 Å². The molecule has 11 aromatic rings. The number of furan rings is 1. The molecule has 9 aromatic carbocycles. The molecule has 11 rings (SSSR count). The normalized spacial score (nSPS) is 11.5. The summed E-state index contributed by atoms with van der Waals surface area (Å²) in [5.74, 6) is 1.05. The van der Waals surface area contributed by atoms with Crippen LogP contribution in [0.3, 0.4) is 0 Å². The van der Waals surface area contributed by atoms with E-state index in [4.69, 9.17) is 4.42 Å². The molecule has 0 N–H and O–H groups in total. The predicted molar refractivity (Wildman–Crippen MR) is 249 cm³/mol. The molecule has 0 radical (unpaired) electrons. The minimum absolute atomic E-state index is 0.876. The summed E-state index contributed by atoms with van der Waals surface area (Å²) < 4.78 is 11.9. The van der Waals surface area contributed by atoms with Crippen LogP contribution in [0, 0.1) is 6.92 Å². The van der Waals surface area contributed by atoms with Crippen LogP contribution in [0.25, 0.3) is 106 Å². The van der Waals surface area contributed by atoms with E-state index in [2.05, 4.69) is 235 Å². The van der Waals surface area contributed by atoms with Crippen molar-refractivity contribution in [3.63, 3.8) is 0 Å². The van der Waals surface area contributed by atoms with Crippen molar-refractivity contribution < 1.29 is 8.98 Å². The lowest BCUT2D eigenvalue weighted by Gasteiger charge is -2.18. The van der Waals surface area contributed by atoms with Crippen LogP contribution in [0.1, 0.15) is 5.56 Å². The molecule has 284 valence electrons. The van der Waals surface area contributed by atoms with E-state index in [1.54, 1.807) is 0 Å². The number of hydrogen-bond acceptors (Lipinski definition) is 1. The van der Waals surface area contributed by atoms with Crippen molar-refractivity contribution in [2.45, 2.75) is 6.92 Å². The first-order chi connectivity index (χ1) is 29.6. The molecule has 0 unspecified atom stereocenters. The van der Waals surface area contributed by atoms with Crippen molar-refractivity contribution in [3.8, 4) is 72.7 Å². The zero-order valence-electron chi connectivity index (χ0n) is 33.5. The predicted octanol–water partition coefficient (Wildman–Crippen LogP) is 14.7. The van der Waals surface area contributed by atoms with Crippen molar-refractivity contribution >= 4 is 33.0 Å². The Hall–Kier alpha value is -7.75. The highest BCUT2D eigenvalue weighted by molar-refractivity contribution is 6.11. The fourth-order valence-corrected chi connectivity index (χ4v) is 9.05. The Bertz CT molecular complexity index is 3280. The van der Waals surface area contributed by atoms with E-state index in [9.17, 15) is 0 Å². The van der Waals surface area contributed by atoms with E-state index in [1.807, 2.05) is 0 Å². The number of para-hydroxylation sites is 2. The number of aryl methyl sites for hydroxylation is 2. The van der Waals surface area contributed by atoms with Gasteiger partial charge in [0.2, 0.25) is 0 Å². The standard InChI is InChI=1S/C57H41N2O/c1-38-27-33-48-47-34-32-45(40-19-9-4-10-20-40)37-53(47)60-56(48)54(38)57-58(2)51-25-15-16-26-52(51)59(57)55-49(43-21-11-5-12-22-43)35-46(36-50(55)44-23-13-6-14-24-44)42-30-28-41(29-31-42)39-17-7-3-8-18-39/h3-37H,1-2H3/q+1. The Morgan fingerprint density at radius 3 is 1.48 bits per heavy atom. The lowest BCUT2D eigenvalue weighted by Crippen LogP contribution is -2.30. The monoisotopic (exact) mass is 769 g/mol. The Labute approximate surface area is 349 Å². The summed E-state index contributed by atoms with van der Waals surface area (Å²) in [5.41, 5.74) is 18.9. The second-order valence-electron chi connectivity index (χ2n) is 15.6. The number of aromatic nitrogens is 2. The molecule has 0 aliphatic rings. The minimum atomic E-state index is 0.876. The molecule has 0 atom stereocenters. The SMILES string of the molecule is Cc1ccc2c(oc3cc(-c4ccccc4)ccc32)c1-c1n(-c2c(-c3ccccc3)cc(-c3ccc(-c4ccccc4)cc3)cc2-c2ccccc2)c2ccccc2[n+]1C. The van der Waals surface area contributed by atoms with Gasteiger partial charge >= 0.3 is 0 Å². The molecule has 0 amide bonds. The van der Waals surface area contributed by atoms with Crippen LogP contribution in [0.4, 0.5) is 0 Å². The molecule has 0 fully saturated rings. The van der Waals surface area contributed by atoms with Gasteiger partial charge < -0.3 is 4.42 Å². The summed E-state index contributed by atoms with van der Waals surface area (Å²) >= 11 is 0. The van der Waals surface area contributed by atoms with Crippen LogP contribution < -0.4 is 4.57 Å². The van der Waals surface area contributed by atoms with Crippen LogP contribution in [-0.2, 0) is 7.05 Å². The van der Waals surface area contributed by atoms with Gasteiger partial charge in [0.15, 0.2) is 16.6 Å². The van der Waals surface area contributed by atoms with Crippen molar-refractivity contribution in [1.29, 1.82) is 0 Å². The molecule has 0 bridgehead atoms. The molecule has 0 spiro atoms. The smallest absolute Gasteiger partial charge is 0.299 e. The highest BCUT2D eigenvalue weighted by Crippen LogP contribution is 2.45. The first kappa shape index (κ1) is 35.4. The average Bonchev–Trinajstić information content (AvgIpc) is 3.83. The highest BCUT2D eigenvalue weighted by atomic mass is 16.3. The number of imidazole rings is 1. The fourth-order valence-electron chi connectivity index (χ4n) is 9.05. The van der Waals surface area contributed by atoms with Gasteiger partial charge in [-0.3, -0.25) is 0 Å². The molecular weight excluding hydrogens is 729 g/mol. The number of benzene rings is 9. The Morgan fingerprint density at radius 2 is 0.883 bits per heavy atom. The molecule has 3 heteroatoms. The summed E-state index contributed by atoms with van der Waals surface area (Å²) in [6, 6.07) is 76.4. The summed E-state index contributed by atoms with van der Waals surface area (Å²) in [5, 5.41) is 2.21. The van der Waals surface area contributed by atoms with E-state index in [0.717, 1.165) is 94.6 Å². The fraction of sp³-hybridized carbons (Fsp3) is 0.0351. The maximum Gasteiger partial charge on any atom is 0.299 e. The van der Waals surface area contributed by atoms with E-state index in [-0.39, 0.29) is 0 Å². The Morgan fingerprint density at radius 1 is 0.417 bits per heavy atom. The zero-order chi connectivity index (χ0) is 40.2. The maximum absolute atomic E-state index is 7.04. The molecular formula is C57H41N2O+. The quantitative estimate of drug-likeness (QED) is 0.148. The van der Waals surface area contributed by atoms with Crippen LogP contribution in [0.5, 0.6) is 0 Å². The van der Waals surface area contributed by atoms with Crippen molar-refractivity contribution in [2.75, 3.05) is 0 Å². The Balaban J connectivity index is 1.22. The van der Waals surface area contributed by atoms with E-state index in [1.165, 1.54) is 16.7 Å². The molecule has 2 aromatic heterocycles. The number of nitrogens with zero attached hydrogens (tertiary/aromatic N) is 2. The molecule has 0 saturated carbocycles. The summed E-state index contributed by atoms with van der Waals surface area (Å²) in [6.45, 7) is 2.21. The van der Waals surface area contributed by atoms with E-state index < -0.39 is 0 Å². The van der Waals surface area contributed by atoms with Gasteiger partial charge in [-0.05, 0) is 93.4 Å². The topological polar surface area (TPSA) is 21.9 Å². The van der Waals surface area contributed by atoms with Gasteiger partial charge in [0.25, 0.3) is 5.82 Å². The third-order valence-electron chi connectivity index (χ3n) is 12.0. The lowest BCUT2D eigenvalue weighted by atomic mass is 9.90. The van der Waals surface area contributed by atoms with Crippen LogP contribution in [0.2, 0.25) is 0 Å². The maximum atomic E-state index is 7.04. The molecule has 3 nitrogen and oxygen atoms in total. The highest BCUT2D eigenvalue weighted by Gasteiger charge is 2.34. The number of rotatable bonds is 7. The summed E-state index contributed by atoms with van der Waals surface area (Å²) in [6.07, 6.45) is 0. The average molecular weight is 770 g/mol. The third-order valence-corrected chi connectivity index (χ3v) is 12.0. The summed E-state index contributed by atoms with van der Waals surface area (Å²) in [4.78, 5) is 0. The second-order valence-corrected chi connectivity index (χ2v) is 15.6. The molecule has 0 aliphatic carbocycles. The first-order valence-electron chi connectivity index (χ1n) is 20.6. The summed E-state index contributed by atoms with van der Waals surface area (Å²) in [7, 11) is 2.19. The van der Waals surface area contributed by atoms with Crippen molar-refractivity contribution in [1.82, 2.24) is 4.57 Å². The Kier molecular flexibility index (Phi) is 8.60. The second kappa shape index (κ2) is 14.6. The molecule has 0 aliphatic heterocycles.